The van der Waals surface area contributed by atoms with Gasteiger partial charge in [0.25, 0.3) is 5.91 Å². The van der Waals surface area contributed by atoms with E-state index in [0.29, 0.717) is 40.3 Å². The fourth-order valence-corrected chi connectivity index (χ4v) is 3.50. The third-order valence-corrected chi connectivity index (χ3v) is 5.13. The molecule has 1 atom stereocenters. The van der Waals surface area contributed by atoms with E-state index in [2.05, 4.69) is 21.8 Å². The number of nitrogen functional groups attached to an aromatic ring is 1. The average molecular weight is 393 g/mol. The van der Waals surface area contributed by atoms with E-state index in [1.54, 1.807) is 7.05 Å². The minimum absolute atomic E-state index is 0.300. The molecular formula is C21H17ClN4O2. The van der Waals surface area contributed by atoms with Crippen molar-refractivity contribution in [1.82, 2.24) is 14.9 Å². The zero-order valence-electron chi connectivity index (χ0n) is 15.1. The summed E-state index contributed by atoms with van der Waals surface area (Å²) in [7, 11) is 1.65. The van der Waals surface area contributed by atoms with Crippen LogP contribution in [0.1, 0.15) is 12.0 Å². The lowest BCUT2D eigenvalue weighted by Gasteiger charge is -2.13. The molecular weight excluding hydrogens is 376 g/mol. The highest BCUT2D eigenvalue weighted by Gasteiger charge is 2.42. The van der Waals surface area contributed by atoms with Crippen LogP contribution in [0.4, 0.5) is 5.82 Å². The number of anilines is 1. The molecule has 1 fully saturated rings. The molecule has 0 radical (unpaired) electrons. The summed E-state index contributed by atoms with van der Waals surface area (Å²) in [6, 6.07) is 11.2. The van der Waals surface area contributed by atoms with Crippen molar-refractivity contribution in [2.45, 2.75) is 12.0 Å². The van der Waals surface area contributed by atoms with Gasteiger partial charge in [-0.3, -0.25) is 4.79 Å². The predicted molar refractivity (Wildman–Crippen MR) is 108 cm³/mol. The van der Waals surface area contributed by atoms with Crippen LogP contribution in [0.15, 0.2) is 42.7 Å². The van der Waals surface area contributed by atoms with E-state index in [1.807, 2.05) is 36.4 Å². The van der Waals surface area contributed by atoms with Gasteiger partial charge in [0.15, 0.2) is 0 Å². The minimum Gasteiger partial charge on any atom is -0.383 e. The first-order valence-corrected chi connectivity index (χ1v) is 9.06. The summed E-state index contributed by atoms with van der Waals surface area (Å²) < 4.78 is 0. The van der Waals surface area contributed by atoms with Gasteiger partial charge in [0, 0.05) is 31.0 Å². The molecule has 0 bridgehead atoms. The van der Waals surface area contributed by atoms with Crippen LogP contribution >= 0.6 is 11.6 Å². The van der Waals surface area contributed by atoms with Crippen LogP contribution < -0.4 is 5.73 Å². The lowest BCUT2D eigenvalue weighted by Crippen LogP contribution is -2.37. The summed E-state index contributed by atoms with van der Waals surface area (Å²) in [5.74, 6) is 5.64. The van der Waals surface area contributed by atoms with Gasteiger partial charge >= 0.3 is 0 Å². The maximum Gasteiger partial charge on any atom is 0.267 e. The van der Waals surface area contributed by atoms with Crippen LogP contribution in [0.3, 0.4) is 0 Å². The van der Waals surface area contributed by atoms with E-state index in [1.165, 1.54) is 11.2 Å². The van der Waals surface area contributed by atoms with Crippen LogP contribution in [0, 0.1) is 11.8 Å². The third-order valence-electron chi connectivity index (χ3n) is 4.84. The minimum atomic E-state index is -1.62. The Morgan fingerprint density at radius 3 is 2.82 bits per heavy atom. The Morgan fingerprint density at radius 2 is 2.07 bits per heavy atom. The molecule has 4 rings (SSSR count). The van der Waals surface area contributed by atoms with Crippen molar-refractivity contribution in [3.63, 3.8) is 0 Å². The standard InChI is InChI=1S/C21H17ClN4O2/c1-26-8-7-21(28,20(26)27)6-5-13-3-2-4-14(9-13)15-10-16-18(17(22)11-15)24-12-25-19(16)23/h2-4,9-12,28H,7-8H2,1H3,(H2,23,24,25). The second kappa shape index (κ2) is 6.79. The number of nitrogens with two attached hydrogens (primary N) is 1. The molecule has 1 unspecified atom stereocenters. The molecule has 28 heavy (non-hydrogen) atoms. The number of benzene rings is 2. The molecule has 1 aliphatic heterocycles. The number of rotatable bonds is 1. The number of nitrogens with zero attached hydrogens (tertiary/aromatic N) is 3. The normalized spacial score (nSPS) is 19.0. The molecule has 0 saturated carbocycles. The van der Waals surface area contributed by atoms with Gasteiger partial charge in [-0.05, 0) is 35.4 Å². The summed E-state index contributed by atoms with van der Waals surface area (Å²) >= 11 is 6.37. The van der Waals surface area contributed by atoms with Crippen LogP contribution in [0.2, 0.25) is 5.02 Å². The molecule has 7 heteroatoms. The number of likely N-dealkylation sites (N-methyl/N-ethyl adjacent to an activating group) is 1. The third kappa shape index (κ3) is 3.15. The Morgan fingerprint density at radius 1 is 1.25 bits per heavy atom. The molecule has 1 saturated heterocycles. The first kappa shape index (κ1) is 18.2. The average Bonchev–Trinajstić information content (AvgIpc) is 2.95. The Hall–Kier alpha value is -3.14. The zero-order chi connectivity index (χ0) is 19.9. The topological polar surface area (TPSA) is 92.3 Å². The largest absolute Gasteiger partial charge is 0.383 e. The van der Waals surface area contributed by atoms with Crippen LogP contribution in [-0.4, -0.2) is 45.1 Å². The lowest BCUT2D eigenvalue weighted by molar-refractivity contribution is -0.137. The number of likely N-dealkylation sites (tertiary alicyclic amines) is 1. The number of aromatic nitrogens is 2. The van der Waals surface area contributed by atoms with Crippen molar-refractivity contribution in [2.24, 2.45) is 0 Å². The van der Waals surface area contributed by atoms with Gasteiger partial charge in [-0.15, -0.1) is 0 Å². The summed E-state index contributed by atoms with van der Waals surface area (Å²) in [5, 5.41) is 11.6. The van der Waals surface area contributed by atoms with Gasteiger partial charge in [-0.1, -0.05) is 35.6 Å². The number of carbonyl (C=O) groups excluding carboxylic acids is 1. The molecule has 0 aliphatic carbocycles. The molecule has 1 aliphatic rings. The van der Waals surface area contributed by atoms with Crippen molar-refractivity contribution >= 4 is 34.2 Å². The molecule has 1 amide bonds. The highest BCUT2D eigenvalue weighted by Crippen LogP contribution is 2.31. The molecule has 2 heterocycles. The molecule has 2 aromatic carbocycles. The van der Waals surface area contributed by atoms with Gasteiger partial charge in [-0.2, -0.15) is 0 Å². The molecule has 0 spiro atoms. The predicted octanol–water partition coefficient (Wildman–Crippen LogP) is 2.48. The Bertz CT molecular complexity index is 1170. The second-order valence-electron chi connectivity index (χ2n) is 6.78. The number of aliphatic hydroxyl groups is 1. The quantitative estimate of drug-likeness (QED) is 0.621. The first-order chi connectivity index (χ1) is 13.4. The SMILES string of the molecule is CN1CCC(O)(C#Cc2cccc(-c3cc(Cl)c4ncnc(N)c4c3)c2)C1=O. The summed E-state index contributed by atoms with van der Waals surface area (Å²) in [5.41, 5.74) is 7.34. The summed E-state index contributed by atoms with van der Waals surface area (Å²) in [6.45, 7) is 0.489. The number of carbonyl (C=O) groups is 1. The molecule has 1 aromatic heterocycles. The van der Waals surface area contributed by atoms with E-state index in [9.17, 15) is 9.90 Å². The van der Waals surface area contributed by atoms with E-state index in [4.69, 9.17) is 17.3 Å². The molecule has 140 valence electrons. The van der Waals surface area contributed by atoms with Crippen molar-refractivity contribution in [1.29, 1.82) is 0 Å². The van der Waals surface area contributed by atoms with Crippen LogP contribution in [-0.2, 0) is 4.79 Å². The number of halogens is 1. The van der Waals surface area contributed by atoms with Crippen molar-refractivity contribution in [3.8, 4) is 23.0 Å². The van der Waals surface area contributed by atoms with Gasteiger partial charge < -0.3 is 15.7 Å². The monoisotopic (exact) mass is 392 g/mol. The number of hydrogen-bond donors (Lipinski definition) is 2. The Balaban J connectivity index is 1.73. The van der Waals surface area contributed by atoms with Crippen LogP contribution in [0.25, 0.3) is 22.0 Å². The number of fused-ring (bicyclic) bond motifs is 1. The summed E-state index contributed by atoms with van der Waals surface area (Å²) in [4.78, 5) is 21.7. The summed E-state index contributed by atoms with van der Waals surface area (Å²) in [6.07, 6.45) is 1.68. The fourth-order valence-electron chi connectivity index (χ4n) is 3.23. The fraction of sp³-hybridized carbons (Fsp3) is 0.190. The Labute approximate surface area is 167 Å². The van der Waals surface area contributed by atoms with Gasteiger partial charge in [0.2, 0.25) is 5.60 Å². The van der Waals surface area contributed by atoms with E-state index >= 15 is 0 Å². The van der Waals surface area contributed by atoms with Gasteiger partial charge in [0.05, 0.1) is 10.5 Å². The number of hydrogen-bond acceptors (Lipinski definition) is 5. The molecule has 3 N–H and O–H groups in total. The number of amides is 1. The highest BCUT2D eigenvalue weighted by atomic mass is 35.5. The Kier molecular flexibility index (Phi) is 4.42. The van der Waals surface area contributed by atoms with Crippen LogP contribution in [0.5, 0.6) is 0 Å². The van der Waals surface area contributed by atoms with Crippen molar-refractivity contribution < 1.29 is 9.90 Å². The lowest BCUT2D eigenvalue weighted by atomic mass is 10.00. The van der Waals surface area contributed by atoms with Gasteiger partial charge in [-0.25, -0.2) is 9.97 Å². The van der Waals surface area contributed by atoms with E-state index < -0.39 is 5.60 Å². The maximum atomic E-state index is 12.1. The molecule has 3 aromatic rings. The van der Waals surface area contributed by atoms with E-state index in [0.717, 1.165) is 11.1 Å². The van der Waals surface area contributed by atoms with E-state index in [-0.39, 0.29) is 5.91 Å². The van der Waals surface area contributed by atoms with Crippen molar-refractivity contribution in [3.05, 3.63) is 53.3 Å². The van der Waals surface area contributed by atoms with Gasteiger partial charge in [0.1, 0.15) is 12.1 Å². The second-order valence-corrected chi connectivity index (χ2v) is 7.19. The highest BCUT2D eigenvalue weighted by molar-refractivity contribution is 6.35. The maximum absolute atomic E-state index is 12.1. The first-order valence-electron chi connectivity index (χ1n) is 8.69. The molecule has 6 nitrogen and oxygen atoms in total. The zero-order valence-corrected chi connectivity index (χ0v) is 15.9. The smallest absolute Gasteiger partial charge is 0.267 e. The van der Waals surface area contributed by atoms with Crippen molar-refractivity contribution in [2.75, 3.05) is 19.3 Å².